The van der Waals surface area contributed by atoms with Crippen LogP contribution in [0.25, 0.3) is 0 Å². The Morgan fingerprint density at radius 1 is 1.23 bits per heavy atom. The van der Waals surface area contributed by atoms with Crippen LogP contribution in [0.3, 0.4) is 0 Å². The van der Waals surface area contributed by atoms with Crippen LogP contribution in [0.4, 0.5) is 0 Å². The second kappa shape index (κ2) is 6.48. The van der Waals surface area contributed by atoms with E-state index >= 15 is 0 Å². The minimum Gasteiger partial charge on any atom is -0.480 e. The van der Waals surface area contributed by atoms with Crippen LogP contribution in [-0.4, -0.2) is 41.0 Å². The van der Waals surface area contributed by atoms with Crippen molar-refractivity contribution in [1.82, 2.24) is 10.2 Å². The minimum atomic E-state index is -0.827. The predicted molar refractivity (Wildman–Crippen MR) is 82.3 cm³/mol. The topological polar surface area (TPSA) is 69.6 Å². The maximum atomic E-state index is 12.3. The number of carbonyl (C=O) groups is 2. The number of nitrogens with zero attached hydrogens (tertiary/aromatic N) is 1. The third-order valence-corrected chi connectivity index (χ3v) is 4.56. The first kappa shape index (κ1) is 15.0. The lowest BCUT2D eigenvalue weighted by atomic mass is 10.0. The number of amides is 1. The van der Waals surface area contributed by atoms with E-state index < -0.39 is 12.0 Å². The van der Waals surface area contributed by atoms with Crippen molar-refractivity contribution in [2.75, 3.05) is 13.1 Å². The Balaban J connectivity index is 1.61. The van der Waals surface area contributed by atoms with Gasteiger partial charge in [-0.15, -0.1) is 0 Å². The first-order chi connectivity index (χ1) is 10.6. The van der Waals surface area contributed by atoms with Crippen molar-refractivity contribution in [2.45, 2.75) is 37.8 Å². The van der Waals surface area contributed by atoms with Crippen molar-refractivity contribution < 1.29 is 14.7 Å². The summed E-state index contributed by atoms with van der Waals surface area (Å²) in [6.07, 6.45) is 3.75. The summed E-state index contributed by atoms with van der Waals surface area (Å²) in [6, 6.07) is 9.56. The molecule has 2 N–H and O–H groups in total. The van der Waals surface area contributed by atoms with Crippen LogP contribution in [-0.2, 0) is 9.59 Å². The molecule has 2 atom stereocenters. The summed E-state index contributed by atoms with van der Waals surface area (Å²) in [5.41, 5.74) is 1.13. The van der Waals surface area contributed by atoms with Gasteiger partial charge < -0.3 is 10.4 Å². The highest BCUT2D eigenvalue weighted by Crippen LogP contribution is 2.40. The second-order valence-electron chi connectivity index (χ2n) is 6.26. The lowest BCUT2D eigenvalue weighted by molar-refractivity contribution is -0.142. The number of carboxylic acid groups (broad SMARTS) is 1. The van der Waals surface area contributed by atoms with E-state index in [2.05, 4.69) is 5.32 Å². The zero-order valence-corrected chi connectivity index (χ0v) is 12.6. The molecule has 2 aliphatic rings. The molecule has 1 amide bonds. The van der Waals surface area contributed by atoms with Crippen molar-refractivity contribution >= 4 is 11.9 Å². The molecule has 1 unspecified atom stereocenters. The summed E-state index contributed by atoms with van der Waals surface area (Å²) in [7, 11) is 0. The molecule has 2 fully saturated rings. The summed E-state index contributed by atoms with van der Waals surface area (Å²) in [6.45, 7) is 0.858. The van der Waals surface area contributed by atoms with Gasteiger partial charge in [0.05, 0.1) is 12.6 Å². The van der Waals surface area contributed by atoms with Crippen LogP contribution in [0.2, 0.25) is 0 Å². The molecule has 1 aromatic carbocycles. The van der Waals surface area contributed by atoms with E-state index in [1.165, 1.54) is 0 Å². The third-order valence-electron chi connectivity index (χ3n) is 4.56. The minimum absolute atomic E-state index is 0.0552. The fourth-order valence-corrected chi connectivity index (χ4v) is 3.26. The van der Waals surface area contributed by atoms with Gasteiger partial charge in [-0.1, -0.05) is 30.3 Å². The molecule has 1 aliphatic heterocycles. The molecule has 0 radical (unpaired) electrons. The summed E-state index contributed by atoms with van der Waals surface area (Å²) < 4.78 is 0. The van der Waals surface area contributed by atoms with Gasteiger partial charge in [-0.05, 0) is 43.7 Å². The molecule has 1 heterocycles. The van der Waals surface area contributed by atoms with Crippen LogP contribution >= 0.6 is 0 Å². The molecule has 5 heteroatoms. The van der Waals surface area contributed by atoms with Crippen molar-refractivity contribution in [3.8, 4) is 0 Å². The predicted octanol–water partition coefficient (Wildman–Crippen LogP) is 1.80. The van der Waals surface area contributed by atoms with E-state index in [9.17, 15) is 14.7 Å². The van der Waals surface area contributed by atoms with Crippen molar-refractivity contribution in [3.05, 3.63) is 35.9 Å². The number of aliphatic carboxylic acids is 1. The molecule has 1 aliphatic carbocycles. The number of benzene rings is 1. The van der Waals surface area contributed by atoms with Gasteiger partial charge in [-0.2, -0.15) is 0 Å². The van der Waals surface area contributed by atoms with E-state index in [0.29, 0.717) is 18.9 Å². The lowest BCUT2D eigenvalue weighted by Crippen LogP contribution is -2.44. The van der Waals surface area contributed by atoms with Gasteiger partial charge in [0.1, 0.15) is 6.04 Å². The van der Waals surface area contributed by atoms with Gasteiger partial charge in [0, 0.05) is 0 Å². The van der Waals surface area contributed by atoms with E-state index in [4.69, 9.17) is 0 Å². The normalized spacial score (nSPS) is 23.2. The quantitative estimate of drug-likeness (QED) is 0.841. The Hall–Kier alpha value is -1.88. The van der Waals surface area contributed by atoms with Crippen LogP contribution < -0.4 is 5.32 Å². The Labute approximate surface area is 130 Å². The molecule has 118 valence electrons. The van der Waals surface area contributed by atoms with Gasteiger partial charge in [0.25, 0.3) is 0 Å². The molecule has 3 rings (SSSR count). The molecule has 1 saturated heterocycles. The van der Waals surface area contributed by atoms with Gasteiger partial charge >= 0.3 is 5.97 Å². The van der Waals surface area contributed by atoms with Crippen molar-refractivity contribution in [2.24, 2.45) is 5.92 Å². The van der Waals surface area contributed by atoms with Crippen LogP contribution in [0, 0.1) is 5.92 Å². The number of nitrogens with one attached hydrogen (secondary N) is 1. The molecular formula is C17H22N2O3. The second-order valence-corrected chi connectivity index (χ2v) is 6.26. The number of rotatable bonds is 6. The highest BCUT2D eigenvalue weighted by molar-refractivity contribution is 5.80. The molecule has 0 bridgehead atoms. The Bertz CT molecular complexity index is 542. The summed E-state index contributed by atoms with van der Waals surface area (Å²) in [4.78, 5) is 25.3. The smallest absolute Gasteiger partial charge is 0.320 e. The van der Waals surface area contributed by atoms with Gasteiger partial charge in [-0.25, -0.2) is 0 Å². The molecule has 0 aromatic heterocycles. The van der Waals surface area contributed by atoms with Gasteiger partial charge in [-0.3, -0.25) is 14.5 Å². The van der Waals surface area contributed by atoms with Crippen molar-refractivity contribution in [1.29, 1.82) is 0 Å². The number of likely N-dealkylation sites (tertiary alicyclic amines) is 1. The maximum Gasteiger partial charge on any atom is 0.320 e. The van der Waals surface area contributed by atoms with Crippen molar-refractivity contribution in [3.63, 3.8) is 0 Å². The summed E-state index contributed by atoms with van der Waals surface area (Å²) in [5, 5.41) is 12.3. The molecular weight excluding hydrogens is 280 g/mol. The number of hydrogen-bond acceptors (Lipinski definition) is 3. The fraction of sp³-hybridized carbons (Fsp3) is 0.529. The van der Waals surface area contributed by atoms with Gasteiger partial charge in [0.15, 0.2) is 0 Å². The standard InChI is InChI=1S/C17H22N2O3/c20-15(11-19-10-4-7-14(19)17(21)22)18-16(13-8-9-13)12-5-2-1-3-6-12/h1-3,5-6,13-14,16H,4,7-11H2,(H,18,20)(H,21,22)/t14-,16?/m0/s1. The average molecular weight is 302 g/mol. The Morgan fingerprint density at radius 2 is 1.95 bits per heavy atom. The van der Waals surface area contributed by atoms with Gasteiger partial charge in [0.2, 0.25) is 5.91 Å². The molecule has 1 aromatic rings. The van der Waals surface area contributed by atoms with E-state index in [0.717, 1.165) is 24.8 Å². The zero-order valence-electron chi connectivity index (χ0n) is 12.6. The highest BCUT2D eigenvalue weighted by Gasteiger charge is 2.35. The highest BCUT2D eigenvalue weighted by atomic mass is 16.4. The summed E-state index contributed by atoms with van der Waals surface area (Å²) >= 11 is 0. The SMILES string of the molecule is O=C(CN1CCC[C@H]1C(=O)O)NC(c1ccccc1)C1CC1. The zero-order chi connectivity index (χ0) is 15.5. The Morgan fingerprint density at radius 3 is 2.59 bits per heavy atom. The molecule has 1 saturated carbocycles. The maximum absolute atomic E-state index is 12.3. The number of carboxylic acids is 1. The average Bonchev–Trinajstić information content (AvgIpc) is 3.24. The Kier molecular flexibility index (Phi) is 4.43. The van der Waals surface area contributed by atoms with Crippen LogP contribution in [0.1, 0.15) is 37.3 Å². The fourth-order valence-electron chi connectivity index (χ4n) is 3.26. The van der Waals surface area contributed by atoms with Crippen LogP contribution in [0.5, 0.6) is 0 Å². The monoisotopic (exact) mass is 302 g/mol. The molecule has 5 nitrogen and oxygen atoms in total. The number of carbonyl (C=O) groups excluding carboxylic acids is 1. The lowest BCUT2D eigenvalue weighted by Gasteiger charge is -2.23. The first-order valence-electron chi connectivity index (χ1n) is 7.96. The molecule has 22 heavy (non-hydrogen) atoms. The largest absolute Gasteiger partial charge is 0.480 e. The third kappa shape index (κ3) is 3.47. The van der Waals surface area contributed by atoms with Crippen LogP contribution in [0.15, 0.2) is 30.3 Å². The molecule has 0 spiro atoms. The van der Waals surface area contributed by atoms with E-state index in [1.54, 1.807) is 4.90 Å². The summed E-state index contributed by atoms with van der Waals surface area (Å²) in [5.74, 6) is -0.388. The first-order valence-corrected chi connectivity index (χ1v) is 7.96. The van der Waals surface area contributed by atoms with E-state index in [1.807, 2.05) is 30.3 Å². The number of hydrogen-bond donors (Lipinski definition) is 2. The van der Waals surface area contributed by atoms with E-state index in [-0.39, 0.29) is 18.5 Å².